The molecule has 1 rings (SSSR count). The summed E-state index contributed by atoms with van der Waals surface area (Å²) >= 11 is 1.79. The lowest BCUT2D eigenvalue weighted by atomic mass is 10.2. The van der Waals surface area contributed by atoms with Gasteiger partial charge in [-0.3, -0.25) is 4.68 Å². The van der Waals surface area contributed by atoms with Gasteiger partial charge in [-0.2, -0.15) is 5.10 Å². The summed E-state index contributed by atoms with van der Waals surface area (Å²) in [5.74, 6) is 4.51. The highest BCUT2D eigenvalue weighted by Crippen LogP contribution is 1.98. The maximum absolute atomic E-state index is 5.17. The van der Waals surface area contributed by atoms with E-state index in [1.165, 1.54) is 0 Å². The number of nitrogens with zero attached hydrogens (tertiary/aromatic N) is 2. The van der Waals surface area contributed by atoms with Crippen molar-refractivity contribution in [1.29, 1.82) is 0 Å². The van der Waals surface area contributed by atoms with Crippen molar-refractivity contribution in [2.45, 2.75) is 25.9 Å². The van der Waals surface area contributed by atoms with E-state index in [0.717, 1.165) is 31.0 Å². The molecular weight excluding hydrogens is 218 g/mol. The predicted octanol–water partition coefficient (Wildman–Crippen LogP) is 1.62. The lowest BCUT2D eigenvalue weighted by Gasteiger charge is -2.13. The van der Waals surface area contributed by atoms with Gasteiger partial charge in [0.15, 0.2) is 0 Å². The molecule has 0 radical (unpaired) electrons. The van der Waals surface area contributed by atoms with Crippen LogP contribution >= 0.6 is 11.8 Å². The van der Waals surface area contributed by atoms with Crippen LogP contribution in [-0.2, 0) is 6.54 Å². The van der Waals surface area contributed by atoms with Gasteiger partial charge in [-0.25, -0.2) is 0 Å². The van der Waals surface area contributed by atoms with Crippen LogP contribution in [0, 0.1) is 12.3 Å². The van der Waals surface area contributed by atoms with Crippen molar-refractivity contribution in [3.05, 3.63) is 18.5 Å². The van der Waals surface area contributed by atoms with E-state index in [-0.39, 0.29) is 0 Å². The standard InChI is InChI=1S/C12H19N3S/c1-3-10-16-11-7-13-12(2)5-9-15-8-4-6-14-15/h1,4,6,8,12-13H,5,7,9-11H2,2H3. The molecule has 3 nitrogen and oxygen atoms in total. The Bertz CT molecular complexity index is 303. The Kier molecular flexibility index (Phi) is 6.78. The molecule has 1 unspecified atom stereocenters. The van der Waals surface area contributed by atoms with Crippen LogP contribution in [0.4, 0.5) is 0 Å². The number of nitrogens with one attached hydrogen (secondary N) is 1. The molecule has 1 aromatic heterocycles. The predicted molar refractivity (Wildman–Crippen MR) is 70.5 cm³/mol. The first-order chi connectivity index (χ1) is 7.83. The molecule has 0 bridgehead atoms. The zero-order chi connectivity index (χ0) is 11.6. The van der Waals surface area contributed by atoms with E-state index < -0.39 is 0 Å². The number of aromatic nitrogens is 2. The first-order valence-electron chi connectivity index (χ1n) is 5.55. The minimum absolute atomic E-state index is 0.524. The summed E-state index contributed by atoms with van der Waals surface area (Å²) in [6.07, 6.45) is 10.1. The molecule has 0 saturated carbocycles. The Morgan fingerprint density at radius 1 is 1.62 bits per heavy atom. The monoisotopic (exact) mass is 237 g/mol. The minimum atomic E-state index is 0.524. The van der Waals surface area contributed by atoms with Crippen molar-refractivity contribution in [2.75, 3.05) is 18.1 Å². The molecule has 1 atom stereocenters. The van der Waals surface area contributed by atoms with Gasteiger partial charge < -0.3 is 5.32 Å². The van der Waals surface area contributed by atoms with Gasteiger partial charge in [-0.15, -0.1) is 18.2 Å². The van der Waals surface area contributed by atoms with Crippen LogP contribution in [0.25, 0.3) is 0 Å². The first-order valence-corrected chi connectivity index (χ1v) is 6.70. The van der Waals surface area contributed by atoms with Crippen LogP contribution in [0.15, 0.2) is 18.5 Å². The van der Waals surface area contributed by atoms with Gasteiger partial charge in [0.05, 0.1) is 5.75 Å². The Labute approximate surface area is 102 Å². The highest BCUT2D eigenvalue weighted by Gasteiger charge is 2.01. The summed E-state index contributed by atoms with van der Waals surface area (Å²) in [6.45, 7) is 4.20. The quantitative estimate of drug-likeness (QED) is 0.550. The fourth-order valence-electron chi connectivity index (χ4n) is 1.37. The van der Waals surface area contributed by atoms with Crippen LogP contribution < -0.4 is 5.32 Å². The van der Waals surface area contributed by atoms with Crippen molar-refractivity contribution in [3.8, 4) is 12.3 Å². The molecule has 0 aliphatic rings. The molecule has 1 N–H and O–H groups in total. The fraction of sp³-hybridized carbons (Fsp3) is 0.583. The Morgan fingerprint density at radius 3 is 3.19 bits per heavy atom. The van der Waals surface area contributed by atoms with E-state index in [1.807, 2.05) is 23.1 Å². The summed E-state index contributed by atoms with van der Waals surface area (Å²) in [5.41, 5.74) is 0. The third-order valence-electron chi connectivity index (χ3n) is 2.27. The minimum Gasteiger partial charge on any atom is -0.313 e. The Balaban J connectivity index is 1.99. The number of terminal acetylenes is 1. The van der Waals surface area contributed by atoms with Gasteiger partial charge in [-0.05, 0) is 19.4 Å². The van der Waals surface area contributed by atoms with E-state index in [4.69, 9.17) is 6.42 Å². The average molecular weight is 237 g/mol. The molecule has 0 aliphatic heterocycles. The van der Waals surface area contributed by atoms with Crippen molar-refractivity contribution in [3.63, 3.8) is 0 Å². The highest BCUT2D eigenvalue weighted by molar-refractivity contribution is 7.99. The van der Waals surface area contributed by atoms with Gasteiger partial charge in [0, 0.05) is 37.3 Å². The van der Waals surface area contributed by atoms with Gasteiger partial charge in [0.25, 0.3) is 0 Å². The Hall–Kier alpha value is -0.920. The van der Waals surface area contributed by atoms with E-state index in [1.54, 1.807) is 11.8 Å². The summed E-state index contributed by atoms with van der Waals surface area (Å²) in [5, 5.41) is 7.65. The smallest absolute Gasteiger partial charge is 0.0545 e. The molecule has 0 amide bonds. The van der Waals surface area contributed by atoms with Crippen LogP contribution in [0.2, 0.25) is 0 Å². The van der Waals surface area contributed by atoms with E-state index in [2.05, 4.69) is 23.3 Å². The number of thioether (sulfide) groups is 1. The third-order valence-corrected chi connectivity index (χ3v) is 3.14. The van der Waals surface area contributed by atoms with Crippen LogP contribution in [-0.4, -0.2) is 33.9 Å². The largest absolute Gasteiger partial charge is 0.313 e. The van der Waals surface area contributed by atoms with Crippen molar-refractivity contribution in [1.82, 2.24) is 15.1 Å². The molecule has 1 heterocycles. The molecule has 4 heteroatoms. The summed E-state index contributed by atoms with van der Waals surface area (Å²) in [7, 11) is 0. The number of rotatable bonds is 8. The van der Waals surface area contributed by atoms with Gasteiger partial charge in [0.2, 0.25) is 0 Å². The topological polar surface area (TPSA) is 29.9 Å². The second-order valence-corrected chi connectivity index (χ2v) is 4.77. The average Bonchev–Trinajstić information content (AvgIpc) is 2.79. The second-order valence-electron chi connectivity index (χ2n) is 3.67. The normalized spacial score (nSPS) is 12.2. The molecule has 1 aromatic rings. The maximum atomic E-state index is 5.17. The number of hydrogen-bond acceptors (Lipinski definition) is 3. The van der Waals surface area contributed by atoms with E-state index in [9.17, 15) is 0 Å². The molecule has 0 saturated heterocycles. The van der Waals surface area contributed by atoms with Crippen LogP contribution in [0.1, 0.15) is 13.3 Å². The summed E-state index contributed by atoms with van der Waals surface area (Å²) in [4.78, 5) is 0. The van der Waals surface area contributed by atoms with Crippen molar-refractivity contribution >= 4 is 11.8 Å². The number of aryl methyl sites for hydroxylation is 1. The molecule has 88 valence electrons. The lowest BCUT2D eigenvalue weighted by Crippen LogP contribution is -2.29. The molecule has 0 spiro atoms. The number of hydrogen-bond donors (Lipinski definition) is 1. The fourth-order valence-corrected chi connectivity index (χ4v) is 1.89. The zero-order valence-corrected chi connectivity index (χ0v) is 10.5. The summed E-state index contributed by atoms with van der Waals surface area (Å²) in [6, 6.07) is 2.48. The van der Waals surface area contributed by atoms with Gasteiger partial charge in [-0.1, -0.05) is 5.92 Å². The SMILES string of the molecule is C#CCSCCNC(C)CCn1cccn1. The maximum Gasteiger partial charge on any atom is 0.0545 e. The van der Waals surface area contributed by atoms with Gasteiger partial charge in [0.1, 0.15) is 0 Å². The van der Waals surface area contributed by atoms with E-state index in [0.29, 0.717) is 6.04 Å². The van der Waals surface area contributed by atoms with Crippen LogP contribution in [0.3, 0.4) is 0 Å². The lowest BCUT2D eigenvalue weighted by molar-refractivity contribution is 0.469. The van der Waals surface area contributed by atoms with Crippen LogP contribution in [0.5, 0.6) is 0 Å². The van der Waals surface area contributed by atoms with E-state index >= 15 is 0 Å². The molecule has 0 aromatic carbocycles. The first kappa shape index (κ1) is 13.1. The second kappa shape index (κ2) is 8.26. The Morgan fingerprint density at radius 2 is 2.50 bits per heavy atom. The highest BCUT2D eigenvalue weighted by atomic mass is 32.2. The molecule has 16 heavy (non-hydrogen) atoms. The summed E-state index contributed by atoms with van der Waals surface area (Å²) < 4.78 is 1.96. The van der Waals surface area contributed by atoms with Crippen molar-refractivity contribution < 1.29 is 0 Å². The molecular formula is C12H19N3S. The van der Waals surface area contributed by atoms with Gasteiger partial charge >= 0.3 is 0 Å². The molecule has 0 fully saturated rings. The third kappa shape index (κ3) is 5.84. The molecule has 0 aliphatic carbocycles. The zero-order valence-electron chi connectivity index (χ0n) is 9.72. The van der Waals surface area contributed by atoms with Crippen molar-refractivity contribution in [2.24, 2.45) is 0 Å².